The van der Waals surface area contributed by atoms with Gasteiger partial charge < -0.3 is 5.32 Å². The van der Waals surface area contributed by atoms with Gasteiger partial charge in [0, 0.05) is 36.8 Å². The SMILES string of the molecule is CCNCc1cn(CCN2CCc3sccc3C2C)nn1. The van der Waals surface area contributed by atoms with E-state index < -0.39 is 0 Å². The molecule has 0 aliphatic carbocycles. The molecular weight excluding hydrogens is 282 g/mol. The normalized spacial score (nSPS) is 18.9. The predicted molar refractivity (Wildman–Crippen MR) is 85.4 cm³/mol. The van der Waals surface area contributed by atoms with E-state index >= 15 is 0 Å². The lowest BCUT2D eigenvalue weighted by molar-refractivity contribution is 0.189. The van der Waals surface area contributed by atoms with Crippen molar-refractivity contribution in [3.8, 4) is 0 Å². The lowest BCUT2D eigenvalue weighted by atomic mass is 10.0. The Morgan fingerprint density at radius 3 is 3.19 bits per heavy atom. The van der Waals surface area contributed by atoms with E-state index in [1.165, 1.54) is 12.0 Å². The maximum absolute atomic E-state index is 4.21. The van der Waals surface area contributed by atoms with Gasteiger partial charge in [-0.15, -0.1) is 16.4 Å². The molecule has 6 heteroatoms. The molecule has 1 aliphatic heterocycles. The Hall–Kier alpha value is -1.24. The molecule has 5 nitrogen and oxygen atoms in total. The molecule has 3 heterocycles. The molecule has 114 valence electrons. The van der Waals surface area contributed by atoms with Gasteiger partial charge in [0.05, 0.1) is 12.2 Å². The molecule has 2 aromatic rings. The Morgan fingerprint density at radius 1 is 1.43 bits per heavy atom. The molecule has 1 atom stereocenters. The van der Waals surface area contributed by atoms with Crippen LogP contribution in [0.4, 0.5) is 0 Å². The monoisotopic (exact) mass is 305 g/mol. The quantitative estimate of drug-likeness (QED) is 0.887. The lowest BCUT2D eigenvalue weighted by Crippen LogP contribution is -2.35. The standard InChI is InChI=1S/C15H23N5S/c1-3-16-10-13-11-20(18-17-13)8-7-19-6-4-15-14(12(19)2)5-9-21-15/h5,9,11-12,16H,3-4,6-8,10H2,1-2H3. The van der Waals surface area contributed by atoms with E-state index in [1.807, 2.05) is 22.2 Å². The number of thiophene rings is 1. The first kappa shape index (κ1) is 14.7. The molecule has 0 aromatic carbocycles. The van der Waals surface area contributed by atoms with Crippen LogP contribution in [0.3, 0.4) is 0 Å². The number of aromatic nitrogens is 3. The Balaban J connectivity index is 1.55. The molecule has 2 aromatic heterocycles. The third-order valence-corrected chi connectivity index (χ3v) is 5.16. The summed E-state index contributed by atoms with van der Waals surface area (Å²) in [6, 6.07) is 2.80. The van der Waals surface area contributed by atoms with E-state index in [0.717, 1.165) is 38.4 Å². The summed E-state index contributed by atoms with van der Waals surface area (Å²) in [6.07, 6.45) is 3.23. The summed E-state index contributed by atoms with van der Waals surface area (Å²) in [5, 5.41) is 13.9. The maximum Gasteiger partial charge on any atom is 0.0964 e. The molecule has 3 rings (SSSR count). The average Bonchev–Trinajstić information content (AvgIpc) is 3.13. The van der Waals surface area contributed by atoms with Crippen LogP contribution in [-0.4, -0.2) is 39.5 Å². The fourth-order valence-electron chi connectivity index (χ4n) is 2.88. The van der Waals surface area contributed by atoms with Crippen molar-refractivity contribution in [1.29, 1.82) is 0 Å². The fraction of sp³-hybridized carbons (Fsp3) is 0.600. The first-order valence-electron chi connectivity index (χ1n) is 7.68. The van der Waals surface area contributed by atoms with Crippen LogP contribution in [0.1, 0.15) is 36.0 Å². The van der Waals surface area contributed by atoms with Crippen molar-refractivity contribution in [2.75, 3.05) is 19.6 Å². The van der Waals surface area contributed by atoms with Crippen LogP contribution in [0.15, 0.2) is 17.6 Å². The highest BCUT2D eigenvalue weighted by Crippen LogP contribution is 2.32. The van der Waals surface area contributed by atoms with Gasteiger partial charge in [-0.2, -0.15) is 0 Å². The average molecular weight is 305 g/mol. The van der Waals surface area contributed by atoms with Gasteiger partial charge in [0.1, 0.15) is 0 Å². The van der Waals surface area contributed by atoms with Gasteiger partial charge in [-0.1, -0.05) is 12.1 Å². The molecule has 21 heavy (non-hydrogen) atoms. The van der Waals surface area contributed by atoms with Crippen LogP contribution >= 0.6 is 11.3 Å². The number of hydrogen-bond acceptors (Lipinski definition) is 5. The van der Waals surface area contributed by atoms with E-state index in [2.05, 4.69) is 45.8 Å². The van der Waals surface area contributed by atoms with Crippen LogP contribution < -0.4 is 5.32 Å². The van der Waals surface area contributed by atoms with Crippen LogP contribution in [0, 0.1) is 0 Å². The largest absolute Gasteiger partial charge is 0.311 e. The Bertz CT molecular complexity index is 576. The molecule has 1 N–H and O–H groups in total. The minimum Gasteiger partial charge on any atom is -0.311 e. The van der Waals surface area contributed by atoms with Gasteiger partial charge in [0.15, 0.2) is 0 Å². The van der Waals surface area contributed by atoms with Crippen molar-refractivity contribution < 1.29 is 0 Å². The van der Waals surface area contributed by atoms with Gasteiger partial charge in [-0.3, -0.25) is 9.58 Å². The van der Waals surface area contributed by atoms with Crippen molar-refractivity contribution >= 4 is 11.3 Å². The lowest BCUT2D eigenvalue weighted by Gasteiger charge is -2.33. The van der Waals surface area contributed by atoms with Crippen LogP contribution in [0.5, 0.6) is 0 Å². The van der Waals surface area contributed by atoms with E-state index in [-0.39, 0.29) is 0 Å². The highest BCUT2D eigenvalue weighted by molar-refractivity contribution is 7.10. The number of nitrogens with one attached hydrogen (secondary N) is 1. The molecule has 1 unspecified atom stereocenters. The third kappa shape index (κ3) is 3.33. The molecule has 0 fully saturated rings. The molecule has 0 radical (unpaired) electrons. The molecule has 1 aliphatic rings. The summed E-state index contributed by atoms with van der Waals surface area (Å²) in [7, 11) is 0. The van der Waals surface area contributed by atoms with Crippen molar-refractivity contribution in [3.63, 3.8) is 0 Å². The first-order valence-corrected chi connectivity index (χ1v) is 8.56. The van der Waals surface area contributed by atoms with E-state index in [9.17, 15) is 0 Å². The summed E-state index contributed by atoms with van der Waals surface area (Å²) >= 11 is 1.90. The van der Waals surface area contributed by atoms with Crippen molar-refractivity contribution in [1.82, 2.24) is 25.2 Å². The van der Waals surface area contributed by atoms with E-state index in [4.69, 9.17) is 0 Å². The predicted octanol–water partition coefficient (Wildman–Crippen LogP) is 2.07. The second-order valence-corrected chi connectivity index (χ2v) is 6.52. The number of rotatable bonds is 6. The Kier molecular flexibility index (Phi) is 4.67. The summed E-state index contributed by atoms with van der Waals surface area (Å²) in [5.41, 5.74) is 2.53. The van der Waals surface area contributed by atoms with Crippen molar-refractivity contribution in [2.24, 2.45) is 0 Å². The summed E-state index contributed by atoms with van der Waals surface area (Å²) in [4.78, 5) is 4.10. The number of hydrogen-bond donors (Lipinski definition) is 1. The Labute approximate surface area is 130 Å². The van der Waals surface area contributed by atoms with Gasteiger partial charge in [-0.05, 0) is 36.9 Å². The minimum atomic E-state index is 0.518. The smallest absolute Gasteiger partial charge is 0.0964 e. The second kappa shape index (κ2) is 6.68. The van der Waals surface area contributed by atoms with Crippen LogP contribution in [-0.2, 0) is 19.5 Å². The van der Waals surface area contributed by atoms with E-state index in [1.54, 1.807) is 4.88 Å². The van der Waals surface area contributed by atoms with Crippen molar-refractivity contribution in [3.05, 3.63) is 33.8 Å². The van der Waals surface area contributed by atoms with E-state index in [0.29, 0.717) is 6.04 Å². The first-order chi connectivity index (χ1) is 10.3. The van der Waals surface area contributed by atoms with Gasteiger partial charge in [0.25, 0.3) is 0 Å². The van der Waals surface area contributed by atoms with Crippen LogP contribution in [0.25, 0.3) is 0 Å². The Morgan fingerprint density at radius 2 is 2.33 bits per heavy atom. The van der Waals surface area contributed by atoms with Crippen molar-refractivity contribution in [2.45, 2.75) is 39.4 Å². The third-order valence-electron chi connectivity index (χ3n) is 4.16. The zero-order valence-corrected chi connectivity index (χ0v) is 13.6. The number of fused-ring (bicyclic) bond motifs is 1. The van der Waals surface area contributed by atoms with Gasteiger partial charge >= 0.3 is 0 Å². The minimum absolute atomic E-state index is 0.518. The molecule has 0 bridgehead atoms. The zero-order valence-electron chi connectivity index (χ0n) is 12.7. The summed E-state index contributed by atoms with van der Waals surface area (Å²) < 4.78 is 1.96. The molecule has 0 amide bonds. The molecule has 0 spiro atoms. The van der Waals surface area contributed by atoms with Gasteiger partial charge in [-0.25, -0.2) is 0 Å². The molecular formula is C15H23N5S. The molecule has 0 saturated heterocycles. The summed E-state index contributed by atoms with van der Waals surface area (Å²) in [5.74, 6) is 0. The fourth-order valence-corrected chi connectivity index (χ4v) is 3.84. The second-order valence-electron chi connectivity index (χ2n) is 5.51. The van der Waals surface area contributed by atoms with Gasteiger partial charge in [0.2, 0.25) is 0 Å². The van der Waals surface area contributed by atoms with Crippen LogP contribution in [0.2, 0.25) is 0 Å². The molecule has 0 saturated carbocycles. The highest BCUT2D eigenvalue weighted by Gasteiger charge is 2.24. The number of nitrogens with zero attached hydrogens (tertiary/aromatic N) is 4. The summed E-state index contributed by atoms with van der Waals surface area (Å²) in [6.45, 7) is 9.25. The topological polar surface area (TPSA) is 46.0 Å². The zero-order chi connectivity index (χ0) is 14.7. The highest BCUT2D eigenvalue weighted by atomic mass is 32.1. The maximum atomic E-state index is 4.21.